The van der Waals surface area contributed by atoms with Crippen LogP contribution < -0.4 is 15.4 Å². The Kier molecular flexibility index (Phi) is 3.51. The Morgan fingerprint density at radius 3 is 2.84 bits per heavy atom. The van der Waals surface area contributed by atoms with Crippen molar-refractivity contribution in [2.45, 2.75) is 18.9 Å². The van der Waals surface area contributed by atoms with Crippen LogP contribution in [0.5, 0.6) is 5.88 Å². The molecule has 19 heavy (non-hydrogen) atoms. The molecule has 2 N–H and O–H groups in total. The van der Waals surface area contributed by atoms with Gasteiger partial charge in [0, 0.05) is 23.2 Å². The second kappa shape index (κ2) is 5.45. The molecule has 1 fully saturated rings. The number of methoxy groups -OCH3 is 1. The number of rotatable bonds is 3. The fraction of sp³-hybridized carbons (Fsp3) is 0.400. The summed E-state index contributed by atoms with van der Waals surface area (Å²) in [6.45, 7) is 2.18. The first-order valence-corrected chi connectivity index (χ1v) is 6.78. The first kappa shape index (κ1) is 12.2. The van der Waals surface area contributed by atoms with Crippen LogP contribution in [0.3, 0.4) is 0 Å². The van der Waals surface area contributed by atoms with E-state index >= 15 is 0 Å². The van der Waals surface area contributed by atoms with Gasteiger partial charge in [-0.1, -0.05) is 6.07 Å². The van der Waals surface area contributed by atoms with E-state index in [-0.39, 0.29) is 0 Å². The minimum absolute atomic E-state index is 0.550. The second-order valence-corrected chi connectivity index (χ2v) is 4.89. The van der Waals surface area contributed by atoms with Crippen LogP contribution in [0, 0.1) is 0 Å². The maximum atomic E-state index is 5.17. The lowest BCUT2D eigenvalue weighted by molar-refractivity contribution is 0.399. The predicted molar refractivity (Wildman–Crippen MR) is 77.8 cm³/mol. The molecule has 2 heterocycles. The normalized spacial score (nSPS) is 16.5. The van der Waals surface area contributed by atoms with Crippen molar-refractivity contribution in [3.05, 3.63) is 30.3 Å². The van der Waals surface area contributed by atoms with Gasteiger partial charge in [0.2, 0.25) is 5.88 Å². The molecule has 0 aliphatic carbocycles. The van der Waals surface area contributed by atoms with Crippen LogP contribution in [0.1, 0.15) is 12.8 Å². The fourth-order valence-electron chi connectivity index (χ4n) is 2.56. The number of pyridine rings is 1. The number of hydrogen-bond acceptors (Lipinski definition) is 4. The van der Waals surface area contributed by atoms with Gasteiger partial charge in [-0.25, -0.2) is 4.98 Å². The highest BCUT2D eigenvalue weighted by Gasteiger charge is 2.13. The minimum Gasteiger partial charge on any atom is -0.481 e. The van der Waals surface area contributed by atoms with Crippen molar-refractivity contribution in [3.8, 4) is 5.88 Å². The number of piperidine rings is 1. The Hall–Kier alpha value is -1.81. The number of aromatic nitrogens is 1. The number of nitrogens with one attached hydrogen (secondary N) is 2. The van der Waals surface area contributed by atoms with E-state index in [1.54, 1.807) is 7.11 Å². The Labute approximate surface area is 113 Å². The molecule has 0 atom stereocenters. The van der Waals surface area contributed by atoms with Gasteiger partial charge in [-0.15, -0.1) is 0 Å². The van der Waals surface area contributed by atoms with Crippen molar-refractivity contribution in [1.29, 1.82) is 0 Å². The second-order valence-electron chi connectivity index (χ2n) is 4.89. The van der Waals surface area contributed by atoms with Gasteiger partial charge in [-0.2, -0.15) is 0 Å². The summed E-state index contributed by atoms with van der Waals surface area (Å²) in [6.07, 6.45) is 2.33. The van der Waals surface area contributed by atoms with Gasteiger partial charge < -0.3 is 15.4 Å². The molecular weight excluding hydrogens is 238 g/mol. The Bertz CT molecular complexity index is 564. The third-order valence-electron chi connectivity index (χ3n) is 3.61. The molecule has 1 aliphatic rings. The van der Waals surface area contributed by atoms with Crippen molar-refractivity contribution >= 4 is 16.6 Å². The van der Waals surface area contributed by atoms with Crippen LogP contribution >= 0.6 is 0 Å². The van der Waals surface area contributed by atoms with E-state index in [4.69, 9.17) is 4.74 Å². The molecule has 4 nitrogen and oxygen atoms in total. The fourth-order valence-corrected chi connectivity index (χ4v) is 2.56. The highest BCUT2D eigenvalue weighted by atomic mass is 16.5. The number of nitrogens with zero attached hydrogens (tertiary/aromatic N) is 1. The van der Waals surface area contributed by atoms with Crippen LogP contribution in [0.2, 0.25) is 0 Å². The third kappa shape index (κ3) is 2.63. The molecule has 1 saturated heterocycles. The number of fused-ring (bicyclic) bond motifs is 1. The summed E-state index contributed by atoms with van der Waals surface area (Å²) in [7, 11) is 1.64. The highest BCUT2D eigenvalue weighted by Crippen LogP contribution is 2.25. The molecule has 0 amide bonds. The lowest BCUT2D eigenvalue weighted by atomic mass is 10.1. The summed E-state index contributed by atoms with van der Waals surface area (Å²) in [5.74, 6) is 0.659. The standard InChI is InChI=1S/C15H19N3O/c1-19-15-6-5-12-13(3-2-4-14(12)18-15)17-11-7-9-16-10-8-11/h2-6,11,16-17H,7-10H2,1H3. The van der Waals surface area contributed by atoms with E-state index in [1.807, 2.05) is 18.2 Å². The predicted octanol–water partition coefficient (Wildman–Crippen LogP) is 2.41. The first-order valence-electron chi connectivity index (χ1n) is 6.78. The summed E-state index contributed by atoms with van der Waals surface area (Å²) in [5.41, 5.74) is 2.14. The lowest BCUT2D eigenvalue weighted by Crippen LogP contribution is -2.35. The van der Waals surface area contributed by atoms with Gasteiger partial charge in [0.15, 0.2) is 0 Å². The summed E-state index contributed by atoms with van der Waals surface area (Å²) < 4.78 is 5.17. The average Bonchev–Trinajstić information content (AvgIpc) is 2.48. The van der Waals surface area contributed by atoms with Crippen molar-refractivity contribution in [3.63, 3.8) is 0 Å². The quantitative estimate of drug-likeness (QED) is 0.886. The molecule has 0 saturated carbocycles. The molecule has 1 aromatic heterocycles. The maximum absolute atomic E-state index is 5.17. The SMILES string of the molecule is COc1ccc2c(NC3CCNCC3)cccc2n1. The van der Waals surface area contributed by atoms with E-state index in [0.29, 0.717) is 11.9 Å². The Morgan fingerprint density at radius 1 is 1.21 bits per heavy atom. The average molecular weight is 257 g/mol. The monoisotopic (exact) mass is 257 g/mol. The molecular formula is C15H19N3O. The third-order valence-corrected chi connectivity index (χ3v) is 3.61. The molecule has 1 aromatic carbocycles. The summed E-state index contributed by atoms with van der Waals surface area (Å²) in [6, 6.07) is 10.7. The van der Waals surface area contributed by atoms with Crippen LogP contribution in [-0.2, 0) is 0 Å². The van der Waals surface area contributed by atoms with Crippen molar-refractivity contribution in [2.24, 2.45) is 0 Å². The van der Waals surface area contributed by atoms with Crippen LogP contribution in [0.25, 0.3) is 10.9 Å². The van der Waals surface area contributed by atoms with E-state index in [0.717, 1.165) is 24.0 Å². The number of hydrogen-bond donors (Lipinski definition) is 2. The zero-order valence-electron chi connectivity index (χ0n) is 11.1. The molecule has 0 radical (unpaired) electrons. The van der Waals surface area contributed by atoms with Crippen molar-refractivity contribution in [2.75, 3.05) is 25.5 Å². The van der Waals surface area contributed by atoms with E-state index in [2.05, 4.69) is 27.8 Å². The Balaban J connectivity index is 1.90. The maximum Gasteiger partial charge on any atom is 0.213 e. The smallest absolute Gasteiger partial charge is 0.213 e. The topological polar surface area (TPSA) is 46.2 Å². The number of anilines is 1. The van der Waals surface area contributed by atoms with Gasteiger partial charge in [0.05, 0.1) is 12.6 Å². The largest absolute Gasteiger partial charge is 0.481 e. The molecule has 1 aliphatic heterocycles. The van der Waals surface area contributed by atoms with Crippen LogP contribution in [0.4, 0.5) is 5.69 Å². The minimum atomic E-state index is 0.550. The van der Waals surface area contributed by atoms with Crippen molar-refractivity contribution in [1.82, 2.24) is 10.3 Å². The van der Waals surface area contributed by atoms with E-state index in [1.165, 1.54) is 18.5 Å². The van der Waals surface area contributed by atoms with E-state index in [9.17, 15) is 0 Å². The van der Waals surface area contributed by atoms with Gasteiger partial charge >= 0.3 is 0 Å². The molecule has 2 aromatic rings. The highest BCUT2D eigenvalue weighted by molar-refractivity contribution is 5.91. The zero-order valence-corrected chi connectivity index (χ0v) is 11.1. The zero-order chi connectivity index (χ0) is 13.1. The summed E-state index contributed by atoms with van der Waals surface area (Å²) in [4.78, 5) is 4.47. The molecule has 0 spiro atoms. The number of benzene rings is 1. The number of ether oxygens (including phenoxy) is 1. The summed E-state index contributed by atoms with van der Waals surface area (Å²) in [5, 5.41) is 8.18. The first-order chi connectivity index (χ1) is 9.36. The van der Waals surface area contributed by atoms with Gasteiger partial charge in [-0.05, 0) is 44.1 Å². The molecule has 4 heteroatoms. The molecule has 0 unspecified atom stereocenters. The van der Waals surface area contributed by atoms with Gasteiger partial charge in [0.1, 0.15) is 0 Å². The summed E-state index contributed by atoms with van der Waals surface area (Å²) >= 11 is 0. The van der Waals surface area contributed by atoms with Crippen LogP contribution in [0.15, 0.2) is 30.3 Å². The van der Waals surface area contributed by atoms with Crippen LogP contribution in [-0.4, -0.2) is 31.2 Å². The van der Waals surface area contributed by atoms with Crippen molar-refractivity contribution < 1.29 is 4.74 Å². The van der Waals surface area contributed by atoms with Gasteiger partial charge in [-0.3, -0.25) is 0 Å². The Morgan fingerprint density at radius 2 is 2.05 bits per heavy atom. The van der Waals surface area contributed by atoms with Gasteiger partial charge in [0.25, 0.3) is 0 Å². The van der Waals surface area contributed by atoms with E-state index < -0.39 is 0 Å². The lowest BCUT2D eigenvalue weighted by Gasteiger charge is -2.25. The molecule has 100 valence electrons. The molecule has 3 rings (SSSR count). The molecule has 0 bridgehead atoms.